The Morgan fingerprint density at radius 3 is 2.70 bits per heavy atom. The molecule has 0 aliphatic carbocycles. The molecule has 2 N–H and O–H groups in total. The van der Waals surface area contributed by atoms with Gasteiger partial charge in [0, 0.05) is 12.7 Å². The van der Waals surface area contributed by atoms with E-state index in [1.807, 2.05) is 44.4 Å². The Balaban J connectivity index is 1.49. The van der Waals surface area contributed by atoms with E-state index in [0.29, 0.717) is 18.1 Å². The molecular weight excluding hydrogens is 417 g/mol. The number of benzene rings is 1. The van der Waals surface area contributed by atoms with E-state index < -0.39 is 0 Å². The number of aromatic nitrogens is 2. The summed E-state index contributed by atoms with van der Waals surface area (Å²) < 4.78 is 13.9. The molecule has 0 amide bonds. The van der Waals surface area contributed by atoms with Crippen molar-refractivity contribution in [2.45, 2.75) is 27.3 Å². The van der Waals surface area contributed by atoms with Crippen LogP contribution in [0.2, 0.25) is 0 Å². The highest BCUT2D eigenvalue weighted by Gasteiger charge is 2.09. The first-order valence-electron chi connectivity index (χ1n) is 9.38. The molecule has 2 aromatic heterocycles. The lowest BCUT2D eigenvalue weighted by atomic mass is 10.2. The number of thiazole rings is 1. The van der Waals surface area contributed by atoms with Crippen LogP contribution in [-0.2, 0) is 6.54 Å². The van der Waals surface area contributed by atoms with Crippen LogP contribution in [0, 0.1) is 26.6 Å². The van der Waals surface area contributed by atoms with Crippen molar-refractivity contribution < 1.29 is 4.39 Å². The molecule has 1 aromatic carbocycles. The summed E-state index contributed by atoms with van der Waals surface area (Å²) in [6.45, 7) is 10.0. The highest BCUT2D eigenvalue weighted by molar-refractivity contribution is 8.02. The van der Waals surface area contributed by atoms with Crippen LogP contribution < -0.4 is 10.6 Å². The molecule has 0 radical (unpaired) electrons. The number of hydrogen-bond acceptors (Lipinski definition) is 7. The first-order chi connectivity index (χ1) is 14.5. The molecule has 0 aliphatic rings. The molecule has 8 heteroatoms. The van der Waals surface area contributed by atoms with Crippen LogP contribution >= 0.6 is 23.1 Å². The molecule has 0 atom stereocenters. The molecule has 3 rings (SSSR count). The second-order valence-electron chi connectivity index (χ2n) is 6.68. The van der Waals surface area contributed by atoms with Crippen LogP contribution in [0.3, 0.4) is 0 Å². The highest BCUT2D eigenvalue weighted by atomic mass is 32.2. The number of thioether (sulfide) groups is 1. The van der Waals surface area contributed by atoms with Crippen molar-refractivity contribution in [3.8, 4) is 0 Å². The molecule has 0 saturated carbocycles. The number of nitrogens with one attached hydrogen (secondary N) is 2. The average Bonchev–Trinajstić information content (AvgIpc) is 3.06. The van der Waals surface area contributed by atoms with Crippen LogP contribution in [0.5, 0.6) is 0 Å². The van der Waals surface area contributed by atoms with Gasteiger partial charge < -0.3 is 10.6 Å². The third-order valence-electron chi connectivity index (χ3n) is 4.27. The van der Waals surface area contributed by atoms with E-state index in [9.17, 15) is 4.39 Å². The molecule has 3 aromatic rings. The van der Waals surface area contributed by atoms with Gasteiger partial charge in [0.2, 0.25) is 0 Å². The summed E-state index contributed by atoms with van der Waals surface area (Å²) in [5.41, 5.74) is 4.17. The predicted molar refractivity (Wildman–Crippen MR) is 128 cm³/mol. The van der Waals surface area contributed by atoms with Crippen molar-refractivity contribution in [3.05, 3.63) is 74.5 Å². The molecular formula is C22H24FN5S2. The Morgan fingerprint density at radius 1 is 1.23 bits per heavy atom. The van der Waals surface area contributed by atoms with Gasteiger partial charge in [0.1, 0.15) is 11.6 Å². The van der Waals surface area contributed by atoms with Crippen molar-refractivity contribution in [2.75, 3.05) is 16.5 Å². The lowest BCUT2D eigenvalue weighted by molar-refractivity contribution is 0.629. The van der Waals surface area contributed by atoms with Gasteiger partial charge in [-0.1, -0.05) is 12.1 Å². The minimum atomic E-state index is -0.247. The van der Waals surface area contributed by atoms with Gasteiger partial charge in [-0.3, -0.25) is 4.99 Å². The molecule has 5 nitrogen and oxygen atoms in total. The fourth-order valence-corrected chi connectivity index (χ4v) is 4.40. The fourth-order valence-electron chi connectivity index (χ4n) is 2.76. The second kappa shape index (κ2) is 10.4. The van der Waals surface area contributed by atoms with Gasteiger partial charge in [0.15, 0.2) is 0 Å². The Bertz CT molecular complexity index is 1040. The third kappa shape index (κ3) is 5.90. The summed E-state index contributed by atoms with van der Waals surface area (Å²) in [5, 5.41) is 9.36. The number of hydrogen-bond donors (Lipinski definition) is 2. The average molecular weight is 442 g/mol. The first-order valence-corrected chi connectivity index (χ1v) is 11.2. The summed E-state index contributed by atoms with van der Waals surface area (Å²) in [6, 6.07) is 9.03. The number of rotatable bonds is 9. The number of aryl methyl sites for hydroxylation is 3. The summed E-state index contributed by atoms with van der Waals surface area (Å²) in [4.78, 5) is 14.0. The van der Waals surface area contributed by atoms with Gasteiger partial charge in [-0.2, -0.15) is 0 Å². The van der Waals surface area contributed by atoms with Gasteiger partial charge in [0.25, 0.3) is 0 Å². The van der Waals surface area contributed by atoms with Crippen molar-refractivity contribution in [3.63, 3.8) is 0 Å². The second-order valence-corrected chi connectivity index (χ2v) is 8.75. The van der Waals surface area contributed by atoms with Crippen molar-refractivity contribution in [2.24, 2.45) is 4.99 Å². The largest absolute Gasteiger partial charge is 0.379 e. The number of nitrogens with zero attached hydrogens (tertiary/aromatic N) is 3. The third-order valence-corrected chi connectivity index (χ3v) is 6.07. The number of aliphatic imine (C=N–C) groups is 1. The van der Waals surface area contributed by atoms with E-state index in [4.69, 9.17) is 0 Å². The molecule has 156 valence electrons. The molecule has 30 heavy (non-hydrogen) atoms. The Hall–Kier alpha value is -2.71. The summed E-state index contributed by atoms with van der Waals surface area (Å²) in [7, 11) is 0. The van der Waals surface area contributed by atoms with Crippen LogP contribution in [0.25, 0.3) is 5.70 Å². The van der Waals surface area contributed by atoms with Crippen molar-refractivity contribution in [1.29, 1.82) is 0 Å². The lowest BCUT2D eigenvalue weighted by Gasteiger charge is -2.09. The monoisotopic (exact) mass is 441 g/mol. The van der Waals surface area contributed by atoms with E-state index in [2.05, 4.69) is 32.3 Å². The molecule has 0 bridgehead atoms. The number of halogens is 1. The normalized spacial score (nSPS) is 11.4. The number of anilines is 2. The first kappa shape index (κ1) is 22.0. The molecule has 0 saturated heterocycles. The fraction of sp³-hybridized carbons (Fsp3) is 0.227. The van der Waals surface area contributed by atoms with Gasteiger partial charge in [0.05, 0.1) is 32.8 Å². The maximum absolute atomic E-state index is 13.9. The van der Waals surface area contributed by atoms with E-state index in [1.165, 1.54) is 6.07 Å². The molecule has 0 spiro atoms. The molecule has 2 heterocycles. The maximum atomic E-state index is 13.9. The van der Waals surface area contributed by atoms with Crippen LogP contribution in [-0.4, -0.2) is 22.6 Å². The summed E-state index contributed by atoms with van der Waals surface area (Å²) in [5.74, 6) is 1.18. The number of pyridine rings is 1. The zero-order valence-corrected chi connectivity index (χ0v) is 18.8. The quantitative estimate of drug-likeness (QED) is 0.242. The van der Waals surface area contributed by atoms with E-state index in [0.717, 1.165) is 38.2 Å². The molecule has 0 unspecified atom stereocenters. The Morgan fingerprint density at radius 2 is 2.07 bits per heavy atom. The smallest absolute Gasteiger partial charge is 0.146 e. The Labute approximate surface area is 184 Å². The summed E-state index contributed by atoms with van der Waals surface area (Å²) >= 11 is 3.20. The van der Waals surface area contributed by atoms with Gasteiger partial charge in [-0.05, 0) is 62.2 Å². The maximum Gasteiger partial charge on any atom is 0.146 e. The van der Waals surface area contributed by atoms with Gasteiger partial charge in [-0.15, -0.1) is 23.1 Å². The predicted octanol–water partition coefficient (Wildman–Crippen LogP) is 6.02. The zero-order chi connectivity index (χ0) is 21.5. The topological polar surface area (TPSA) is 62.2 Å². The SMILES string of the molecule is C=N/C(=C\SCNc1ccc(CNc2ccc(C)cc2F)cn1)c1sc(C)nc1C. The van der Waals surface area contributed by atoms with E-state index in [-0.39, 0.29) is 5.82 Å². The summed E-state index contributed by atoms with van der Waals surface area (Å²) in [6.07, 6.45) is 1.78. The minimum Gasteiger partial charge on any atom is -0.379 e. The van der Waals surface area contributed by atoms with Crippen molar-refractivity contribution >= 4 is 47.0 Å². The zero-order valence-electron chi connectivity index (χ0n) is 17.2. The van der Waals surface area contributed by atoms with Crippen molar-refractivity contribution in [1.82, 2.24) is 9.97 Å². The molecule has 0 fully saturated rings. The Kier molecular flexibility index (Phi) is 7.59. The highest BCUT2D eigenvalue weighted by Crippen LogP contribution is 2.28. The van der Waals surface area contributed by atoms with Gasteiger partial charge in [-0.25, -0.2) is 14.4 Å². The van der Waals surface area contributed by atoms with E-state index in [1.54, 1.807) is 35.4 Å². The molecule has 0 aliphatic heterocycles. The van der Waals surface area contributed by atoms with Crippen LogP contribution in [0.4, 0.5) is 15.9 Å². The van der Waals surface area contributed by atoms with Gasteiger partial charge >= 0.3 is 0 Å². The van der Waals surface area contributed by atoms with E-state index >= 15 is 0 Å². The van der Waals surface area contributed by atoms with Crippen LogP contribution in [0.1, 0.15) is 26.7 Å². The standard InChI is InChI=1S/C22H24FN5S2/c1-14-5-7-19(18(23)9-14)25-10-17-6-8-21(26-11-17)27-13-29-12-20(24-4)22-15(2)28-16(3)30-22/h5-9,11-12,25H,4,10,13H2,1-3H3,(H,26,27)/b20-12-. The minimum absolute atomic E-state index is 0.247. The van der Waals surface area contributed by atoms with Crippen LogP contribution in [0.15, 0.2) is 46.9 Å². The lowest BCUT2D eigenvalue weighted by Crippen LogP contribution is -2.03.